The topological polar surface area (TPSA) is 88.3 Å². The number of hydrogen-bond acceptors (Lipinski definition) is 4. The molecule has 8 heteroatoms. The predicted molar refractivity (Wildman–Crippen MR) is 101 cm³/mol. The molecule has 27 heavy (non-hydrogen) atoms. The van der Waals surface area contributed by atoms with Gasteiger partial charge in [0.25, 0.3) is 11.5 Å². The van der Waals surface area contributed by atoms with E-state index in [1.807, 2.05) is 32.7 Å². The molecule has 3 aromatic heterocycles. The Hall–Kier alpha value is -2.90. The van der Waals surface area contributed by atoms with E-state index >= 15 is 0 Å². The summed E-state index contributed by atoms with van der Waals surface area (Å²) >= 11 is 0. The quantitative estimate of drug-likeness (QED) is 0.760. The minimum atomic E-state index is -0.106. The number of nitrogens with zero attached hydrogens (tertiary/aromatic N) is 5. The van der Waals surface area contributed by atoms with E-state index in [-0.39, 0.29) is 17.4 Å². The van der Waals surface area contributed by atoms with Crippen molar-refractivity contribution in [3.63, 3.8) is 0 Å². The van der Waals surface area contributed by atoms with Crippen LogP contribution in [0.1, 0.15) is 52.3 Å². The van der Waals surface area contributed by atoms with E-state index in [9.17, 15) is 9.59 Å². The van der Waals surface area contributed by atoms with Crippen molar-refractivity contribution in [3.8, 4) is 0 Å². The van der Waals surface area contributed by atoms with Crippen molar-refractivity contribution in [2.75, 3.05) is 13.1 Å². The molecule has 0 saturated carbocycles. The van der Waals surface area contributed by atoms with Crippen LogP contribution in [0.4, 0.5) is 0 Å². The van der Waals surface area contributed by atoms with Crippen LogP contribution in [0.2, 0.25) is 0 Å². The van der Waals surface area contributed by atoms with Gasteiger partial charge >= 0.3 is 0 Å². The lowest BCUT2D eigenvalue weighted by atomic mass is 10.0. The van der Waals surface area contributed by atoms with Gasteiger partial charge in [0.1, 0.15) is 0 Å². The molecule has 0 unspecified atom stereocenters. The van der Waals surface area contributed by atoms with Gasteiger partial charge in [-0.15, -0.1) is 0 Å². The van der Waals surface area contributed by atoms with Gasteiger partial charge in [-0.3, -0.25) is 19.4 Å². The van der Waals surface area contributed by atoms with Crippen molar-refractivity contribution in [1.29, 1.82) is 0 Å². The SMILES string of the molecule is CCc1[nH]n2c(=O)cc([C@@H]3CCN(C(=O)c4cnn(C)c4C)C3)nc2c1C. The van der Waals surface area contributed by atoms with Crippen LogP contribution < -0.4 is 5.56 Å². The summed E-state index contributed by atoms with van der Waals surface area (Å²) in [5.74, 6) is 0.0648. The number of carbonyl (C=O) groups is 1. The van der Waals surface area contributed by atoms with Gasteiger partial charge in [0.15, 0.2) is 5.65 Å². The van der Waals surface area contributed by atoms with Crippen molar-refractivity contribution in [1.82, 2.24) is 29.3 Å². The van der Waals surface area contributed by atoms with Gasteiger partial charge in [0, 0.05) is 49.1 Å². The van der Waals surface area contributed by atoms with Crippen LogP contribution in [0.25, 0.3) is 5.65 Å². The van der Waals surface area contributed by atoms with E-state index < -0.39 is 0 Å². The maximum absolute atomic E-state index is 12.8. The molecule has 0 aromatic carbocycles. The van der Waals surface area contributed by atoms with Crippen LogP contribution in [0, 0.1) is 13.8 Å². The Morgan fingerprint density at radius 2 is 2.15 bits per heavy atom. The lowest BCUT2D eigenvalue weighted by molar-refractivity contribution is 0.0790. The first-order valence-electron chi connectivity index (χ1n) is 9.29. The molecular weight excluding hydrogens is 344 g/mol. The molecule has 0 spiro atoms. The molecular formula is C19H24N6O2. The third-order valence-corrected chi connectivity index (χ3v) is 5.69. The van der Waals surface area contributed by atoms with E-state index in [1.54, 1.807) is 16.9 Å². The molecule has 1 aliphatic heterocycles. The first-order valence-corrected chi connectivity index (χ1v) is 9.29. The number of likely N-dealkylation sites (tertiary alicyclic amines) is 1. The van der Waals surface area contributed by atoms with Crippen molar-refractivity contribution in [2.24, 2.45) is 7.05 Å². The third kappa shape index (κ3) is 2.75. The van der Waals surface area contributed by atoms with Crippen LogP contribution >= 0.6 is 0 Å². The normalized spacial score (nSPS) is 17.2. The van der Waals surface area contributed by atoms with Gasteiger partial charge in [0.2, 0.25) is 0 Å². The highest BCUT2D eigenvalue weighted by molar-refractivity contribution is 5.95. The summed E-state index contributed by atoms with van der Waals surface area (Å²) in [7, 11) is 1.83. The van der Waals surface area contributed by atoms with E-state index in [2.05, 4.69) is 10.2 Å². The van der Waals surface area contributed by atoms with E-state index in [4.69, 9.17) is 4.98 Å². The molecule has 1 amide bonds. The Morgan fingerprint density at radius 3 is 2.81 bits per heavy atom. The zero-order chi connectivity index (χ0) is 19.3. The summed E-state index contributed by atoms with van der Waals surface area (Å²) in [5.41, 5.74) is 4.86. The van der Waals surface area contributed by atoms with Gasteiger partial charge in [0.05, 0.1) is 17.5 Å². The third-order valence-electron chi connectivity index (χ3n) is 5.69. The molecule has 1 atom stereocenters. The summed E-state index contributed by atoms with van der Waals surface area (Å²) in [4.78, 5) is 31.9. The zero-order valence-corrected chi connectivity index (χ0v) is 16.1. The van der Waals surface area contributed by atoms with Gasteiger partial charge in [-0.1, -0.05) is 6.92 Å². The number of aromatic amines is 1. The number of nitrogens with one attached hydrogen (secondary N) is 1. The number of hydrogen-bond donors (Lipinski definition) is 1. The zero-order valence-electron chi connectivity index (χ0n) is 16.1. The highest BCUT2D eigenvalue weighted by atomic mass is 16.2. The fourth-order valence-electron chi connectivity index (χ4n) is 3.83. The van der Waals surface area contributed by atoms with Crippen molar-refractivity contribution in [2.45, 2.75) is 39.5 Å². The summed E-state index contributed by atoms with van der Waals surface area (Å²) in [6, 6.07) is 1.59. The molecule has 0 radical (unpaired) electrons. The summed E-state index contributed by atoms with van der Waals surface area (Å²) in [5, 5.41) is 7.29. The van der Waals surface area contributed by atoms with E-state index in [0.717, 1.165) is 35.5 Å². The molecule has 3 aromatic rings. The second-order valence-corrected chi connectivity index (χ2v) is 7.25. The average molecular weight is 368 g/mol. The van der Waals surface area contributed by atoms with Crippen LogP contribution in [0.15, 0.2) is 17.1 Å². The second-order valence-electron chi connectivity index (χ2n) is 7.25. The van der Waals surface area contributed by atoms with Crippen LogP contribution in [-0.4, -0.2) is 48.3 Å². The number of rotatable bonds is 3. The Kier molecular flexibility index (Phi) is 4.13. The maximum atomic E-state index is 12.8. The standard InChI is InChI=1S/C19H24N6O2/c1-5-15-11(2)18-21-16(8-17(26)25(18)22-15)13-6-7-24(10-13)19(27)14-9-20-23(4)12(14)3/h8-9,13,22H,5-7,10H2,1-4H3/t13-/m1/s1. The van der Waals surface area contributed by atoms with E-state index in [1.165, 1.54) is 4.52 Å². The molecule has 142 valence electrons. The smallest absolute Gasteiger partial charge is 0.272 e. The van der Waals surface area contributed by atoms with Gasteiger partial charge in [-0.2, -0.15) is 5.10 Å². The fourth-order valence-corrected chi connectivity index (χ4v) is 3.83. The van der Waals surface area contributed by atoms with Gasteiger partial charge < -0.3 is 4.90 Å². The minimum Gasteiger partial charge on any atom is -0.338 e. The number of amides is 1. The molecule has 1 fully saturated rings. The monoisotopic (exact) mass is 368 g/mol. The van der Waals surface area contributed by atoms with Crippen molar-refractivity contribution in [3.05, 3.63) is 50.8 Å². The first kappa shape index (κ1) is 17.5. The number of aromatic nitrogens is 5. The first-order chi connectivity index (χ1) is 12.9. The molecule has 4 heterocycles. The number of fused-ring (bicyclic) bond motifs is 1. The molecule has 0 aliphatic carbocycles. The molecule has 1 N–H and O–H groups in total. The van der Waals surface area contributed by atoms with Crippen LogP contribution in [0.5, 0.6) is 0 Å². The lowest BCUT2D eigenvalue weighted by Crippen LogP contribution is -2.29. The Morgan fingerprint density at radius 1 is 1.37 bits per heavy atom. The number of H-pyrrole nitrogens is 1. The van der Waals surface area contributed by atoms with E-state index in [0.29, 0.717) is 24.3 Å². The summed E-state index contributed by atoms with van der Waals surface area (Å²) < 4.78 is 3.21. The summed E-state index contributed by atoms with van der Waals surface area (Å²) in [6.45, 7) is 7.15. The minimum absolute atomic E-state index is 0.00741. The molecule has 1 aliphatic rings. The largest absolute Gasteiger partial charge is 0.338 e. The van der Waals surface area contributed by atoms with Crippen molar-refractivity contribution >= 4 is 11.6 Å². The average Bonchev–Trinajstić information content (AvgIpc) is 3.34. The Labute approximate surface area is 156 Å². The van der Waals surface area contributed by atoms with Crippen LogP contribution in [-0.2, 0) is 13.5 Å². The predicted octanol–water partition coefficient (Wildman–Crippen LogP) is 1.57. The van der Waals surface area contributed by atoms with Crippen molar-refractivity contribution < 1.29 is 4.79 Å². The summed E-state index contributed by atoms with van der Waals surface area (Å²) in [6.07, 6.45) is 3.25. The second kappa shape index (κ2) is 6.37. The fraction of sp³-hybridized carbons (Fsp3) is 0.474. The Bertz CT molecular complexity index is 1090. The number of carbonyl (C=O) groups excluding carboxylic acids is 1. The van der Waals surface area contributed by atoms with Gasteiger partial charge in [-0.25, -0.2) is 9.50 Å². The molecule has 0 bridgehead atoms. The Balaban J connectivity index is 1.62. The highest BCUT2D eigenvalue weighted by Crippen LogP contribution is 2.27. The lowest BCUT2D eigenvalue weighted by Gasteiger charge is -2.16. The highest BCUT2D eigenvalue weighted by Gasteiger charge is 2.31. The molecule has 1 saturated heterocycles. The molecule has 8 nitrogen and oxygen atoms in total. The van der Waals surface area contributed by atoms with Gasteiger partial charge in [-0.05, 0) is 26.7 Å². The van der Waals surface area contributed by atoms with Crippen LogP contribution in [0.3, 0.4) is 0 Å². The molecule has 4 rings (SSSR count). The number of aryl methyl sites for hydroxylation is 3. The maximum Gasteiger partial charge on any atom is 0.272 e.